The third kappa shape index (κ3) is 3.48. The van der Waals surface area contributed by atoms with Crippen LogP contribution in [0.2, 0.25) is 0 Å². The van der Waals surface area contributed by atoms with Gasteiger partial charge in [-0.25, -0.2) is 4.39 Å². The molecule has 0 radical (unpaired) electrons. The Labute approximate surface area is 167 Å². The molecule has 28 heavy (non-hydrogen) atoms. The van der Waals surface area contributed by atoms with E-state index >= 15 is 0 Å². The second-order valence-electron chi connectivity index (χ2n) is 10.3. The highest BCUT2D eigenvalue weighted by Crippen LogP contribution is 2.56. The van der Waals surface area contributed by atoms with E-state index in [0.717, 1.165) is 51.9 Å². The van der Waals surface area contributed by atoms with E-state index in [1.54, 1.807) is 0 Å². The van der Waals surface area contributed by atoms with E-state index in [9.17, 15) is 9.18 Å². The molecular formula is C23H32FN3O. The van der Waals surface area contributed by atoms with Gasteiger partial charge in [0.2, 0.25) is 5.91 Å². The summed E-state index contributed by atoms with van der Waals surface area (Å²) in [5.74, 6) is 0.851. The summed E-state index contributed by atoms with van der Waals surface area (Å²) in [5, 5.41) is 3.43. The first-order valence-electron chi connectivity index (χ1n) is 10.9. The standard InChI is InChI=1S/C23H32FN3O/c1-22-10-18-11-23(14-22,16-27(12-18)15-22)21(28)25-20-7-9-26(13-20)8-6-17-2-4-19(24)5-3-17/h2-5,18,20H,6-16H2,1H3,(H,25,28)/t18?,20-,22?,23?/m0/s1. The van der Waals surface area contributed by atoms with E-state index in [4.69, 9.17) is 0 Å². The molecule has 152 valence electrons. The van der Waals surface area contributed by atoms with Crippen LogP contribution in [0.5, 0.6) is 0 Å². The smallest absolute Gasteiger partial charge is 0.227 e. The summed E-state index contributed by atoms with van der Waals surface area (Å²) >= 11 is 0. The maximum Gasteiger partial charge on any atom is 0.227 e. The number of carbonyl (C=O) groups excluding carboxylic acids is 1. The van der Waals surface area contributed by atoms with E-state index in [2.05, 4.69) is 22.0 Å². The molecule has 1 amide bonds. The van der Waals surface area contributed by atoms with Crippen molar-refractivity contribution in [3.05, 3.63) is 35.6 Å². The van der Waals surface area contributed by atoms with Gasteiger partial charge in [-0.1, -0.05) is 19.1 Å². The number of likely N-dealkylation sites (tertiary alicyclic amines) is 1. The fourth-order valence-electron chi connectivity index (χ4n) is 6.85. The number of nitrogens with zero attached hydrogens (tertiary/aromatic N) is 2. The van der Waals surface area contributed by atoms with Crippen LogP contribution >= 0.6 is 0 Å². The fourth-order valence-corrected chi connectivity index (χ4v) is 6.85. The molecule has 0 spiro atoms. The quantitative estimate of drug-likeness (QED) is 0.847. The van der Waals surface area contributed by atoms with Crippen LogP contribution in [0.3, 0.4) is 0 Å². The highest BCUT2D eigenvalue weighted by Gasteiger charge is 2.58. The van der Waals surface area contributed by atoms with Crippen LogP contribution in [0.1, 0.15) is 38.2 Å². The molecule has 4 bridgehead atoms. The lowest BCUT2D eigenvalue weighted by Crippen LogP contribution is -2.67. The molecule has 4 aliphatic heterocycles. The highest BCUT2D eigenvalue weighted by molar-refractivity contribution is 5.84. The monoisotopic (exact) mass is 385 g/mol. The summed E-state index contributed by atoms with van der Waals surface area (Å²) in [6, 6.07) is 7.08. The number of benzene rings is 1. The SMILES string of the molecule is CC12CC3CN(C1)CC(C(=O)N[C@H]1CCN(CCc4ccc(F)cc4)C1)(C3)C2. The van der Waals surface area contributed by atoms with Gasteiger partial charge in [0.25, 0.3) is 0 Å². The normalized spacial score (nSPS) is 39.4. The minimum Gasteiger partial charge on any atom is -0.352 e. The van der Waals surface area contributed by atoms with Crippen molar-refractivity contribution in [1.29, 1.82) is 0 Å². The Morgan fingerprint density at radius 3 is 2.79 bits per heavy atom. The molecule has 4 heterocycles. The topological polar surface area (TPSA) is 35.6 Å². The van der Waals surface area contributed by atoms with Crippen LogP contribution in [0.15, 0.2) is 24.3 Å². The summed E-state index contributed by atoms with van der Waals surface area (Å²) in [4.78, 5) is 18.3. The van der Waals surface area contributed by atoms with Gasteiger partial charge in [0, 0.05) is 45.3 Å². The van der Waals surface area contributed by atoms with E-state index in [1.807, 2.05) is 12.1 Å². The first-order chi connectivity index (χ1) is 13.4. The van der Waals surface area contributed by atoms with Crippen molar-refractivity contribution in [2.45, 2.75) is 45.1 Å². The predicted molar refractivity (Wildman–Crippen MR) is 107 cm³/mol. The first-order valence-corrected chi connectivity index (χ1v) is 10.9. The van der Waals surface area contributed by atoms with Crippen LogP contribution in [0.25, 0.3) is 0 Å². The summed E-state index contributed by atoms with van der Waals surface area (Å²) in [6.45, 7) is 8.67. The lowest BCUT2D eigenvalue weighted by Gasteiger charge is -2.61. The lowest BCUT2D eigenvalue weighted by molar-refractivity contribution is -0.161. The Kier molecular flexibility index (Phi) is 4.51. The molecule has 5 fully saturated rings. The molecule has 5 heteroatoms. The Hall–Kier alpha value is -1.46. The molecule has 4 nitrogen and oxygen atoms in total. The number of carbonyl (C=O) groups is 1. The molecule has 4 saturated heterocycles. The summed E-state index contributed by atoms with van der Waals surface area (Å²) in [7, 11) is 0. The minimum absolute atomic E-state index is 0.143. The summed E-state index contributed by atoms with van der Waals surface area (Å²) < 4.78 is 13.0. The number of nitrogens with one attached hydrogen (secondary N) is 1. The molecule has 1 aromatic carbocycles. The molecular weight excluding hydrogens is 353 g/mol. The fraction of sp³-hybridized carbons (Fsp3) is 0.696. The van der Waals surface area contributed by atoms with Crippen molar-refractivity contribution >= 4 is 5.91 Å². The Morgan fingerprint density at radius 1 is 1.21 bits per heavy atom. The van der Waals surface area contributed by atoms with Gasteiger partial charge in [-0.15, -0.1) is 0 Å². The van der Waals surface area contributed by atoms with E-state index in [1.165, 1.54) is 37.2 Å². The zero-order valence-electron chi connectivity index (χ0n) is 16.9. The Morgan fingerprint density at radius 2 is 2.04 bits per heavy atom. The van der Waals surface area contributed by atoms with Gasteiger partial charge < -0.3 is 15.1 Å². The van der Waals surface area contributed by atoms with Gasteiger partial charge in [0.15, 0.2) is 0 Å². The number of hydrogen-bond donors (Lipinski definition) is 1. The Balaban J connectivity index is 1.15. The van der Waals surface area contributed by atoms with Crippen LogP contribution in [-0.4, -0.2) is 61.0 Å². The van der Waals surface area contributed by atoms with Crippen molar-refractivity contribution in [3.63, 3.8) is 0 Å². The van der Waals surface area contributed by atoms with Gasteiger partial charge in [0.05, 0.1) is 5.41 Å². The molecule has 5 atom stereocenters. The maximum absolute atomic E-state index is 13.3. The molecule has 1 aliphatic carbocycles. The van der Waals surface area contributed by atoms with Crippen molar-refractivity contribution in [2.24, 2.45) is 16.7 Å². The average molecular weight is 386 g/mol. The van der Waals surface area contributed by atoms with E-state index in [-0.39, 0.29) is 17.3 Å². The largest absolute Gasteiger partial charge is 0.352 e. The van der Waals surface area contributed by atoms with Crippen LogP contribution < -0.4 is 5.32 Å². The van der Waals surface area contributed by atoms with Crippen LogP contribution in [-0.2, 0) is 11.2 Å². The predicted octanol–water partition coefficient (Wildman–Crippen LogP) is 2.68. The van der Waals surface area contributed by atoms with Crippen LogP contribution in [0, 0.1) is 22.6 Å². The molecule has 5 aliphatic rings. The van der Waals surface area contributed by atoms with Gasteiger partial charge in [0.1, 0.15) is 5.82 Å². The van der Waals surface area contributed by atoms with Gasteiger partial charge in [-0.3, -0.25) is 4.79 Å². The van der Waals surface area contributed by atoms with E-state index < -0.39 is 0 Å². The van der Waals surface area contributed by atoms with Gasteiger partial charge in [-0.2, -0.15) is 0 Å². The van der Waals surface area contributed by atoms with Crippen molar-refractivity contribution in [3.8, 4) is 0 Å². The number of piperidine rings is 3. The number of hydrogen-bond acceptors (Lipinski definition) is 3. The van der Waals surface area contributed by atoms with Crippen molar-refractivity contribution in [1.82, 2.24) is 15.1 Å². The third-order valence-corrected chi connectivity index (χ3v) is 7.59. The highest BCUT2D eigenvalue weighted by atomic mass is 19.1. The number of halogens is 1. The Bertz CT molecular complexity index is 735. The molecule has 1 N–H and O–H groups in total. The van der Waals surface area contributed by atoms with Crippen molar-refractivity contribution < 1.29 is 9.18 Å². The van der Waals surface area contributed by atoms with Gasteiger partial charge >= 0.3 is 0 Å². The molecule has 1 aromatic rings. The molecule has 6 rings (SSSR count). The zero-order chi connectivity index (χ0) is 19.4. The minimum atomic E-state index is -0.178. The second-order valence-corrected chi connectivity index (χ2v) is 10.3. The average Bonchev–Trinajstić information content (AvgIpc) is 3.06. The zero-order valence-corrected chi connectivity index (χ0v) is 16.9. The lowest BCUT2D eigenvalue weighted by atomic mass is 9.53. The summed E-state index contributed by atoms with van der Waals surface area (Å²) in [5.41, 5.74) is 1.37. The number of amides is 1. The van der Waals surface area contributed by atoms with Crippen molar-refractivity contribution in [2.75, 3.05) is 39.3 Å². The second kappa shape index (κ2) is 6.81. The van der Waals surface area contributed by atoms with Crippen LogP contribution in [0.4, 0.5) is 4.39 Å². The van der Waals surface area contributed by atoms with E-state index in [0.29, 0.717) is 17.2 Å². The summed E-state index contributed by atoms with van der Waals surface area (Å²) in [6.07, 6.45) is 5.43. The maximum atomic E-state index is 13.3. The first kappa shape index (κ1) is 18.6. The third-order valence-electron chi connectivity index (χ3n) is 7.59. The molecule has 0 aromatic heterocycles. The van der Waals surface area contributed by atoms with Gasteiger partial charge in [-0.05, 0) is 61.1 Å². The molecule has 1 saturated carbocycles. The molecule has 4 unspecified atom stereocenters. The number of rotatable bonds is 5.